The average Bonchev–Trinajstić information content (AvgIpc) is 2.40. The molecule has 0 heterocycles. The van der Waals surface area contributed by atoms with Crippen LogP contribution in [0.2, 0.25) is 0 Å². The molecule has 2 rings (SSSR count). The molecule has 2 nitrogen and oxygen atoms in total. The zero-order valence-electron chi connectivity index (χ0n) is 10.8. The predicted molar refractivity (Wildman–Crippen MR) is 72.6 cm³/mol. The number of hydrogen-bond donors (Lipinski definition) is 1. The van der Waals surface area contributed by atoms with Crippen LogP contribution in [0.5, 0.6) is 5.75 Å². The van der Waals surface area contributed by atoms with E-state index in [1.54, 1.807) is 0 Å². The Balaban J connectivity index is 2.04. The molecule has 0 unspecified atom stereocenters. The summed E-state index contributed by atoms with van der Waals surface area (Å²) in [4.78, 5) is 0. The minimum atomic E-state index is 0.0815. The number of benzene rings is 2. The summed E-state index contributed by atoms with van der Waals surface area (Å²) < 4.78 is 5.81. The van der Waals surface area contributed by atoms with Gasteiger partial charge in [0.1, 0.15) is 12.4 Å². The molecule has 0 fully saturated rings. The van der Waals surface area contributed by atoms with E-state index < -0.39 is 0 Å². The van der Waals surface area contributed by atoms with Gasteiger partial charge in [0, 0.05) is 0 Å². The van der Waals surface area contributed by atoms with E-state index in [1.165, 1.54) is 5.56 Å². The molecule has 1 N–H and O–H groups in total. The van der Waals surface area contributed by atoms with Crippen LogP contribution >= 0.6 is 0 Å². The van der Waals surface area contributed by atoms with Crippen molar-refractivity contribution in [2.45, 2.75) is 27.1 Å². The Morgan fingerprint density at radius 1 is 0.944 bits per heavy atom. The quantitative estimate of drug-likeness (QED) is 0.890. The van der Waals surface area contributed by atoms with Crippen molar-refractivity contribution in [2.75, 3.05) is 0 Å². The van der Waals surface area contributed by atoms with Crippen LogP contribution in [0.4, 0.5) is 0 Å². The Kier molecular flexibility index (Phi) is 4.00. The average molecular weight is 242 g/mol. The smallest absolute Gasteiger partial charge is 0.122 e. The first-order valence-electron chi connectivity index (χ1n) is 6.08. The van der Waals surface area contributed by atoms with Crippen LogP contribution in [0.25, 0.3) is 0 Å². The molecule has 0 aliphatic rings. The van der Waals surface area contributed by atoms with Crippen molar-refractivity contribution in [2.24, 2.45) is 0 Å². The van der Waals surface area contributed by atoms with Gasteiger partial charge in [-0.2, -0.15) is 0 Å². The van der Waals surface area contributed by atoms with E-state index in [1.807, 2.05) is 31.2 Å². The third-order valence-electron chi connectivity index (χ3n) is 2.94. The molecule has 0 radical (unpaired) electrons. The highest BCUT2D eigenvalue weighted by Gasteiger charge is 2.01. The van der Waals surface area contributed by atoms with Crippen molar-refractivity contribution in [3.8, 4) is 5.75 Å². The second kappa shape index (κ2) is 5.69. The summed E-state index contributed by atoms with van der Waals surface area (Å²) >= 11 is 0. The molecule has 0 atom stereocenters. The van der Waals surface area contributed by atoms with Crippen LogP contribution in [0, 0.1) is 13.8 Å². The first kappa shape index (κ1) is 12.7. The molecule has 0 bridgehead atoms. The van der Waals surface area contributed by atoms with Gasteiger partial charge in [0.25, 0.3) is 0 Å². The van der Waals surface area contributed by atoms with Gasteiger partial charge in [-0.1, -0.05) is 36.4 Å². The van der Waals surface area contributed by atoms with Crippen LogP contribution in [0.15, 0.2) is 42.5 Å². The highest BCUT2D eigenvalue weighted by Crippen LogP contribution is 2.20. The van der Waals surface area contributed by atoms with Gasteiger partial charge in [-0.15, -0.1) is 0 Å². The summed E-state index contributed by atoms with van der Waals surface area (Å²) in [6.07, 6.45) is 0. The van der Waals surface area contributed by atoms with Gasteiger partial charge < -0.3 is 9.84 Å². The molecule has 18 heavy (non-hydrogen) atoms. The fourth-order valence-electron chi connectivity index (χ4n) is 1.76. The fourth-order valence-corrected chi connectivity index (χ4v) is 1.76. The summed E-state index contributed by atoms with van der Waals surface area (Å²) in [5.41, 5.74) is 4.37. The number of aliphatic hydroxyl groups excluding tert-OH is 1. The standard InChI is InChI=1S/C16H18O2/c1-12-3-4-13(2)16(9-12)18-11-15-7-5-14(10-17)6-8-15/h3-9,17H,10-11H2,1-2H3. The molecule has 0 aliphatic carbocycles. The third-order valence-corrected chi connectivity index (χ3v) is 2.94. The highest BCUT2D eigenvalue weighted by molar-refractivity contribution is 5.36. The Labute approximate surface area is 108 Å². The topological polar surface area (TPSA) is 29.5 Å². The lowest BCUT2D eigenvalue weighted by Gasteiger charge is -2.10. The molecule has 2 aromatic rings. The van der Waals surface area contributed by atoms with Crippen LogP contribution < -0.4 is 4.74 Å². The van der Waals surface area contributed by atoms with E-state index in [0.29, 0.717) is 6.61 Å². The summed E-state index contributed by atoms with van der Waals surface area (Å²) in [5.74, 6) is 0.932. The Morgan fingerprint density at radius 3 is 2.28 bits per heavy atom. The number of aryl methyl sites for hydroxylation is 2. The zero-order valence-corrected chi connectivity index (χ0v) is 10.8. The molecule has 94 valence electrons. The first-order valence-corrected chi connectivity index (χ1v) is 6.08. The summed E-state index contributed by atoms with van der Waals surface area (Å²) in [7, 11) is 0. The number of hydrogen-bond acceptors (Lipinski definition) is 2. The molecule has 0 aliphatic heterocycles. The van der Waals surface area contributed by atoms with E-state index in [-0.39, 0.29) is 6.61 Å². The van der Waals surface area contributed by atoms with Gasteiger partial charge >= 0.3 is 0 Å². The minimum absolute atomic E-state index is 0.0815. The van der Waals surface area contributed by atoms with Gasteiger partial charge in [0.2, 0.25) is 0 Å². The van der Waals surface area contributed by atoms with Gasteiger partial charge in [-0.05, 0) is 42.2 Å². The third kappa shape index (κ3) is 3.11. The van der Waals surface area contributed by atoms with Gasteiger partial charge in [-0.3, -0.25) is 0 Å². The van der Waals surface area contributed by atoms with Gasteiger partial charge in [-0.25, -0.2) is 0 Å². The Bertz CT molecular complexity index is 515. The van der Waals surface area contributed by atoms with Crippen molar-refractivity contribution in [1.29, 1.82) is 0 Å². The molecule has 0 saturated carbocycles. The maximum Gasteiger partial charge on any atom is 0.122 e. The van der Waals surface area contributed by atoms with Crippen molar-refractivity contribution in [3.05, 3.63) is 64.7 Å². The lowest BCUT2D eigenvalue weighted by molar-refractivity contribution is 0.281. The maximum atomic E-state index is 8.97. The van der Waals surface area contributed by atoms with Crippen LogP contribution in [0.3, 0.4) is 0 Å². The fraction of sp³-hybridized carbons (Fsp3) is 0.250. The molecule has 0 aromatic heterocycles. The van der Waals surface area contributed by atoms with Crippen molar-refractivity contribution in [3.63, 3.8) is 0 Å². The number of ether oxygens (including phenoxy) is 1. The normalized spacial score (nSPS) is 10.4. The number of rotatable bonds is 4. The molecule has 0 saturated heterocycles. The van der Waals surface area contributed by atoms with E-state index in [2.05, 4.69) is 25.1 Å². The largest absolute Gasteiger partial charge is 0.489 e. The zero-order chi connectivity index (χ0) is 13.0. The SMILES string of the molecule is Cc1ccc(C)c(OCc2ccc(CO)cc2)c1. The lowest BCUT2D eigenvalue weighted by Crippen LogP contribution is -1.97. The summed E-state index contributed by atoms with van der Waals surface area (Å²) in [6, 6.07) is 14.0. The van der Waals surface area contributed by atoms with Gasteiger partial charge in [0.15, 0.2) is 0 Å². The monoisotopic (exact) mass is 242 g/mol. The molecular weight excluding hydrogens is 224 g/mol. The first-order chi connectivity index (χ1) is 8.69. The highest BCUT2D eigenvalue weighted by atomic mass is 16.5. The maximum absolute atomic E-state index is 8.97. The van der Waals surface area contributed by atoms with Crippen molar-refractivity contribution in [1.82, 2.24) is 0 Å². The second-order valence-electron chi connectivity index (χ2n) is 4.53. The molecule has 0 amide bonds. The number of aliphatic hydroxyl groups is 1. The van der Waals surface area contributed by atoms with Crippen molar-refractivity contribution >= 4 is 0 Å². The van der Waals surface area contributed by atoms with E-state index in [0.717, 1.165) is 22.4 Å². The second-order valence-corrected chi connectivity index (χ2v) is 4.53. The summed E-state index contributed by atoms with van der Waals surface area (Å²) in [5, 5.41) is 8.97. The molecule has 0 spiro atoms. The minimum Gasteiger partial charge on any atom is -0.489 e. The van der Waals surface area contributed by atoms with E-state index in [4.69, 9.17) is 9.84 Å². The van der Waals surface area contributed by atoms with E-state index >= 15 is 0 Å². The Hall–Kier alpha value is -1.80. The van der Waals surface area contributed by atoms with Gasteiger partial charge in [0.05, 0.1) is 6.61 Å². The van der Waals surface area contributed by atoms with Crippen LogP contribution in [-0.4, -0.2) is 5.11 Å². The van der Waals surface area contributed by atoms with Crippen LogP contribution in [0.1, 0.15) is 22.3 Å². The summed E-state index contributed by atoms with van der Waals surface area (Å²) in [6.45, 7) is 4.74. The molecule has 2 aromatic carbocycles. The van der Waals surface area contributed by atoms with E-state index in [9.17, 15) is 0 Å². The van der Waals surface area contributed by atoms with Crippen molar-refractivity contribution < 1.29 is 9.84 Å². The molecule has 2 heteroatoms. The van der Waals surface area contributed by atoms with Crippen LogP contribution in [-0.2, 0) is 13.2 Å². The lowest BCUT2D eigenvalue weighted by atomic mass is 10.1. The predicted octanol–water partition coefficient (Wildman–Crippen LogP) is 3.37. The molecular formula is C16H18O2. The Morgan fingerprint density at radius 2 is 1.61 bits per heavy atom.